The van der Waals surface area contributed by atoms with Crippen LogP contribution in [-0.4, -0.2) is 29.3 Å². The first kappa shape index (κ1) is 18.4. The molecule has 0 aliphatic carbocycles. The number of rotatable bonds is 5. The molecule has 2 amide bonds. The molecule has 4 nitrogen and oxygen atoms in total. The van der Waals surface area contributed by atoms with Gasteiger partial charge in [-0.15, -0.1) is 11.8 Å². The summed E-state index contributed by atoms with van der Waals surface area (Å²) in [5, 5.41) is 9.13. The van der Waals surface area contributed by atoms with Crippen LogP contribution in [0.2, 0.25) is 0 Å². The van der Waals surface area contributed by atoms with Gasteiger partial charge < -0.3 is 5.11 Å². The van der Waals surface area contributed by atoms with Gasteiger partial charge in [-0.2, -0.15) is 0 Å². The molecule has 134 valence electrons. The number of thioether (sulfide) groups is 1. The fourth-order valence-corrected chi connectivity index (χ4v) is 3.65. The summed E-state index contributed by atoms with van der Waals surface area (Å²) in [6.45, 7) is 3.76. The number of aliphatic hydroxyl groups is 1. The van der Waals surface area contributed by atoms with E-state index in [4.69, 9.17) is 5.11 Å². The van der Waals surface area contributed by atoms with Crippen LogP contribution in [0.5, 0.6) is 0 Å². The molecule has 26 heavy (non-hydrogen) atoms. The number of aryl methyl sites for hydroxylation is 2. The molecule has 0 fully saturated rings. The molecule has 1 heterocycles. The molecule has 1 aliphatic rings. The average molecular weight is 371 g/mol. The van der Waals surface area contributed by atoms with Crippen LogP contribution in [0, 0.1) is 19.7 Å². The molecule has 0 saturated heterocycles. The summed E-state index contributed by atoms with van der Waals surface area (Å²) >= 11 is 1.11. The second kappa shape index (κ2) is 7.43. The van der Waals surface area contributed by atoms with Gasteiger partial charge in [0.05, 0.1) is 22.8 Å². The lowest BCUT2D eigenvalue weighted by Crippen LogP contribution is -2.32. The molecular weight excluding hydrogens is 353 g/mol. The highest BCUT2D eigenvalue weighted by Gasteiger charge is 2.41. The van der Waals surface area contributed by atoms with Crippen molar-refractivity contribution in [3.05, 3.63) is 69.9 Å². The normalized spacial score (nSPS) is 14.5. The molecule has 6 heteroatoms. The number of hydrogen-bond donors (Lipinski definition) is 1. The summed E-state index contributed by atoms with van der Waals surface area (Å²) in [6, 6.07) is 11.2. The maximum Gasteiger partial charge on any atom is 0.272 e. The summed E-state index contributed by atoms with van der Waals surface area (Å²) in [5.74, 6) is -1.48. The second-order valence-electron chi connectivity index (χ2n) is 5.97. The number of carbonyl (C=O) groups excluding carboxylic acids is 2. The molecule has 0 bridgehead atoms. The third-order valence-corrected chi connectivity index (χ3v) is 5.32. The van der Waals surface area contributed by atoms with E-state index in [1.807, 2.05) is 26.0 Å². The first-order valence-corrected chi connectivity index (χ1v) is 9.13. The molecule has 0 radical (unpaired) electrons. The first-order valence-electron chi connectivity index (χ1n) is 8.14. The van der Waals surface area contributed by atoms with Gasteiger partial charge in [-0.1, -0.05) is 30.3 Å². The van der Waals surface area contributed by atoms with E-state index in [9.17, 15) is 14.0 Å². The Balaban J connectivity index is 2.12. The number of aliphatic hydroxyl groups excluding tert-OH is 1. The number of amides is 2. The fraction of sp³-hybridized carbons (Fsp3) is 0.200. The lowest BCUT2D eigenvalue weighted by Gasteiger charge is -2.16. The summed E-state index contributed by atoms with van der Waals surface area (Å²) in [6.07, 6.45) is 0. The van der Waals surface area contributed by atoms with Gasteiger partial charge in [-0.3, -0.25) is 9.59 Å². The molecule has 3 rings (SSSR count). The zero-order valence-electron chi connectivity index (χ0n) is 14.5. The van der Waals surface area contributed by atoms with Gasteiger partial charge in [-0.25, -0.2) is 9.29 Å². The zero-order valence-corrected chi connectivity index (χ0v) is 15.3. The van der Waals surface area contributed by atoms with Crippen LogP contribution in [0.15, 0.2) is 47.4 Å². The SMILES string of the molecule is Cc1ccc(C2=C(SCCO)C(=O)N(c3ccccc3F)C2=O)cc1C. The highest BCUT2D eigenvalue weighted by atomic mass is 32.2. The molecule has 0 aromatic heterocycles. The number of hydrogen-bond acceptors (Lipinski definition) is 4. The lowest BCUT2D eigenvalue weighted by atomic mass is 10.0. The van der Waals surface area contributed by atoms with Gasteiger partial charge in [0, 0.05) is 5.75 Å². The Bertz CT molecular complexity index is 923. The minimum Gasteiger partial charge on any atom is -0.396 e. The Morgan fingerprint density at radius 2 is 1.77 bits per heavy atom. The molecule has 0 spiro atoms. The number of halogens is 1. The van der Waals surface area contributed by atoms with Gasteiger partial charge in [-0.05, 0) is 42.7 Å². The monoisotopic (exact) mass is 371 g/mol. The number of imide groups is 1. The van der Waals surface area contributed by atoms with Crippen LogP contribution in [0.3, 0.4) is 0 Å². The van der Waals surface area contributed by atoms with E-state index in [0.29, 0.717) is 5.56 Å². The quantitative estimate of drug-likeness (QED) is 0.818. The van der Waals surface area contributed by atoms with Crippen molar-refractivity contribution in [1.82, 2.24) is 0 Å². The summed E-state index contributed by atoms with van der Waals surface area (Å²) in [4.78, 5) is 27.0. The summed E-state index contributed by atoms with van der Waals surface area (Å²) in [5.41, 5.74) is 2.86. The van der Waals surface area contributed by atoms with Crippen LogP contribution in [-0.2, 0) is 9.59 Å². The third-order valence-electron chi connectivity index (χ3n) is 4.27. The molecule has 0 unspecified atom stereocenters. The number of anilines is 1. The van der Waals surface area contributed by atoms with Crippen LogP contribution < -0.4 is 4.90 Å². The van der Waals surface area contributed by atoms with Crippen molar-refractivity contribution in [2.75, 3.05) is 17.3 Å². The van der Waals surface area contributed by atoms with Gasteiger partial charge in [0.1, 0.15) is 5.82 Å². The minimum atomic E-state index is -0.637. The van der Waals surface area contributed by atoms with Crippen molar-refractivity contribution < 1.29 is 19.1 Å². The Morgan fingerprint density at radius 3 is 2.42 bits per heavy atom. The predicted molar refractivity (Wildman–Crippen MR) is 101 cm³/mol. The molecule has 1 N–H and O–H groups in total. The highest BCUT2D eigenvalue weighted by molar-refractivity contribution is 8.04. The average Bonchev–Trinajstić information content (AvgIpc) is 2.86. The van der Waals surface area contributed by atoms with Crippen molar-refractivity contribution in [3.63, 3.8) is 0 Å². The maximum absolute atomic E-state index is 14.2. The van der Waals surface area contributed by atoms with E-state index < -0.39 is 17.6 Å². The van der Waals surface area contributed by atoms with Gasteiger partial charge >= 0.3 is 0 Å². The van der Waals surface area contributed by atoms with Crippen molar-refractivity contribution in [1.29, 1.82) is 0 Å². The Morgan fingerprint density at radius 1 is 1.04 bits per heavy atom. The Labute approximate surface area is 155 Å². The number of carbonyl (C=O) groups is 2. The largest absolute Gasteiger partial charge is 0.396 e. The van der Waals surface area contributed by atoms with E-state index in [-0.39, 0.29) is 28.5 Å². The topological polar surface area (TPSA) is 57.6 Å². The van der Waals surface area contributed by atoms with Gasteiger partial charge in [0.15, 0.2) is 0 Å². The van der Waals surface area contributed by atoms with E-state index in [1.165, 1.54) is 18.2 Å². The van der Waals surface area contributed by atoms with E-state index in [1.54, 1.807) is 12.1 Å². The van der Waals surface area contributed by atoms with Crippen LogP contribution in [0.25, 0.3) is 5.57 Å². The van der Waals surface area contributed by atoms with Gasteiger partial charge in [0.25, 0.3) is 11.8 Å². The molecule has 2 aromatic carbocycles. The second-order valence-corrected chi connectivity index (χ2v) is 7.08. The van der Waals surface area contributed by atoms with Crippen LogP contribution in [0.1, 0.15) is 16.7 Å². The molecule has 0 atom stereocenters. The maximum atomic E-state index is 14.2. The molecule has 0 saturated carbocycles. The number of nitrogens with zero attached hydrogens (tertiary/aromatic N) is 1. The summed E-state index contributed by atoms with van der Waals surface area (Å²) < 4.78 is 14.2. The fourth-order valence-electron chi connectivity index (χ4n) is 2.79. The van der Waals surface area contributed by atoms with Crippen molar-refractivity contribution in [2.45, 2.75) is 13.8 Å². The minimum absolute atomic E-state index is 0.0663. The smallest absolute Gasteiger partial charge is 0.272 e. The molecule has 2 aromatic rings. The standard InChI is InChI=1S/C20H18FNO3S/c1-12-7-8-14(11-13(12)2)17-18(26-10-9-23)20(25)22(19(17)24)16-6-4-3-5-15(16)21/h3-8,11,23H,9-10H2,1-2H3. The number of benzene rings is 2. The van der Waals surface area contributed by atoms with Crippen LogP contribution in [0.4, 0.5) is 10.1 Å². The van der Waals surface area contributed by atoms with Crippen LogP contribution >= 0.6 is 11.8 Å². The van der Waals surface area contributed by atoms with Crippen molar-refractivity contribution in [3.8, 4) is 0 Å². The Kier molecular flexibility index (Phi) is 5.25. The number of para-hydroxylation sites is 1. The Hall–Kier alpha value is -2.44. The van der Waals surface area contributed by atoms with E-state index >= 15 is 0 Å². The predicted octanol–water partition coefficient (Wildman–Crippen LogP) is 3.45. The van der Waals surface area contributed by atoms with E-state index in [2.05, 4.69) is 0 Å². The first-order chi connectivity index (χ1) is 12.5. The highest BCUT2D eigenvalue weighted by Crippen LogP contribution is 2.39. The van der Waals surface area contributed by atoms with E-state index in [0.717, 1.165) is 27.8 Å². The molecular formula is C20H18FNO3S. The van der Waals surface area contributed by atoms with Gasteiger partial charge in [0.2, 0.25) is 0 Å². The zero-order chi connectivity index (χ0) is 18.8. The van der Waals surface area contributed by atoms with Crippen molar-refractivity contribution in [2.24, 2.45) is 0 Å². The molecule has 1 aliphatic heterocycles. The summed E-state index contributed by atoms with van der Waals surface area (Å²) in [7, 11) is 0. The lowest BCUT2D eigenvalue weighted by molar-refractivity contribution is -0.119. The van der Waals surface area contributed by atoms with Crippen molar-refractivity contribution >= 4 is 34.8 Å². The third kappa shape index (κ3) is 3.18.